The van der Waals surface area contributed by atoms with Crippen LogP contribution in [-0.4, -0.2) is 41.6 Å². The van der Waals surface area contributed by atoms with Gasteiger partial charge in [0.05, 0.1) is 12.0 Å². The smallest absolute Gasteiger partial charge is 0.0951 e. The molecular weight excluding hydrogens is 188 g/mol. The molecule has 0 aliphatic rings. The molecule has 0 radical (unpaired) electrons. The summed E-state index contributed by atoms with van der Waals surface area (Å²) in [6, 6.07) is 0.469. The van der Waals surface area contributed by atoms with Crippen molar-refractivity contribution in [3.05, 3.63) is 18.2 Å². The zero-order valence-corrected chi connectivity index (χ0v) is 10.2. The monoisotopic (exact) mass is 210 g/mol. The second-order valence-corrected chi connectivity index (χ2v) is 4.18. The van der Waals surface area contributed by atoms with Gasteiger partial charge in [-0.1, -0.05) is 6.92 Å². The number of imidazole rings is 1. The molecule has 1 heterocycles. The Kier molecular flexibility index (Phi) is 4.78. The Morgan fingerprint density at radius 2 is 2.27 bits per heavy atom. The highest BCUT2D eigenvalue weighted by atomic mass is 15.1. The van der Waals surface area contributed by atoms with Crippen molar-refractivity contribution in [1.29, 1.82) is 0 Å². The largest absolute Gasteiger partial charge is 0.329 e. The number of hydrogen-bond acceptors (Lipinski definition) is 3. The Bertz CT molecular complexity index is 280. The van der Waals surface area contributed by atoms with Crippen LogP contribution >= 0.6 is 0 Å². The number of aromatic nitrogens is 2. The van der Waals surface area contributed by atoms with Crippen molar-refractivity contribution < 1.29 is 0 Å². The molecule has 0 bridgehead atoms. The van der Waals surface area contributed by atoms with E-state index in [1.807, 2.05) is 12.5 Å². The molecule has 1 unspecified atom stereocenters. The van der Waals surface area contributed by atoms with E-state index in [-0.39, 0.29) is 0 Å². The van der Waals surface area contributed by atoms with Crippen LogP contribution in [-0.2, 0) is 6.54 Å². The van der Waals surface area contributed by atoms with Gasteiger partial charge >= 0.3 is 0 Å². The quantitative estimate of drug-likeness (QED) is 0.763. The van der Waals surface area contributed by atoms with Gasteiger partial charge in [-0.15, -0.1) is 0 Å². The molecule has 4 nitrogen and oxygen atoms in total. The molecule has 0 amide bonds. The summed E-state index contributed by atoms with van der Waals surface area (Å²) in [5.74, 6) is 0. The SMILES string of the molecule is CCNCc1cncn1C(C)CN(C)C. The fourth-order valence-corrected chi connectivity index (χ4v) is 1.74. The molecule has 86 valence electrons. The summed E-state index contributed by atoms with van der Waals surface area (Å²) in [6.45, 7) is 7.26. The Morgan fingerprint density at radius 1 is 1.53 bits per heavy atom. The van der Waals surface area contributed by atoms with Crippen LogP contribution in [0.25, 0.3) is 0 Å². The third-order valence-corrected chi connectivity index (χ3v) is 2.41. The van der Waals surface area contributed by atoms with Gasteiger partial charge < -0.3 is 14.8 Å². The van der Waals surface area contributed by atoms with E-state index in [0.29, 0.717) is 6.04 Å². The van der Waals surface area contributed by atoms with Gasteiger partial charge in [0.15, 0.2) is 0 Å². The van der Waals surface area contributed by atoms with Gasteiger partial charge in [-0.2, -0.15) is 0 Å². The fourth-order valence-electron chi connectivity index (χ4n) is 1.74. The van der Waals surface area contributed by atoms with E-state index >= 15 is 0 Å². The summed E-state index contributed by atoms with van der Waals surface area (Å²) in [4.78, 5) is 6.40. The fraction of sp³-hybridized carbons (Fsp3) is 0.727. The molecule has 1 rings (SSSR count). The normalized spacial score (nSPS) is 13.4. The Labute approximate surface area is 92.3 Å². The third kappa shape index (κ3) is 3.64. The molecule has 1 N–H and O–H groups in total. The number of nitrogens with zero attached hydrogens (tertiary/aromatic N) is 3. The van der Waals surface area contributed by atoms with Crippen molar-refractivity contribution in [1.82, 2.24) is 19.8 Å². The molecule has 0 saturated carbocycles. The molecule has 0 fully saturated rings. The Morgan fingerprint density at radius 3 is 2.87 bits per heavy atom. The lowest BCUT2D eigenvalue weighted by Gasteiger charge is -2.20. The van der Waals surface area contributed by atoms with Gasteiger partial charge in [0.25, 0.3) is 0 Å². The predicted molar refractivity (Wildman–Crippen MR) is 62.9 cm³/mol. The highest BCUT2D eigenvalue weighted by molar-refractivity contribution is 5.00. The van der Waals surface area contributed by atoms with Crippen molar-refractivity contribution in [2.45, 2.75) is 26.4 Å². The van der Waals surface area contributed by atoms with Crippen LogP contribution in [0.2, 0.25) is 0 Å². The Balaban J connectivity index is 2.62. The standard InChI is InChI=1S/C11H22N4/c1-5-12-6-11-7-13-9-15(11)10(2)8-14(3)4/h7,9-10,12H,5-6,8H2,1-4H3. The van der Waals surface area contributed by atoms with Gasteiger partial charge in [0.1, 0.15) is 0 Å². The van der Waals surface area contributed by atoms with Crippen molar-refractivity contribution in [3.8, 4) is 0 Å². The van der Waals surface area contributed by atoms with Crippen LogP contribution in [0.15, 0.2) is 12.5 Å². The average molecular weight is 210 g/mol. The van der Waals surface area contributed by atoms with E-state index in [0.717, 1.165) is 19.6 Å². The lowest BCUT2D eigenvalue weighted by Crippen LogP contribution is -2.24. The van der Waals surface area contributed by atoms with Crippen molar-refractivity contribution in [2.75, 3.05) is 27.2 Å². The first-order chi connectivity index (χ1) is 7.15. The molecule has 1 atom stereocenters. The summed E-state index contributed by atoms with van der Waals surface area (Å²) in [7, 11) is 4.19. The van der Waals surface area contributed by atoms with Crippen LogP contribution in [0.4, 0.5) is 0 Å². The molecule has 0 aromatic carbocycles. The first kappa shape index (κ1) is 12.2. The molecule has 4 heteroatoms. The molecular formula is C11H22N4. The van der Waals surface area contributed by atoms with Gasteiger partial charge in [0.2, 0.25) is 0 Å². The minimum atomic E-state index is 0.469. The van der Waals surface area contributed by atoms with E-state index < -0.39 is 0 Å². The van der Waals surface area contributed by atoms with Crippen LogP contribution in [0.1, 0.15) is 25.6 Å². The van der Waals surface area contributed by atoms with E-state index in [1.54, 1.807) is 0 Å². The third-order valence-electron chi connectivity index (χ3n) is 2.41. The van der Waals surface area contributed by atoms with Crippen molar-refractivity contribution >= 4 is 0 Å². The van der Waals surface area contributed by atoms with Crippen molar-refractivity contribution in [3.63, 3.8) is 0 Å². The topological polar surface area (TPSA) is 33.1 Å². The maximum Gasteiger partial charge on any atom is 0.0951 e. The lowest BCUT2D eigenvalue weighted by atomic mass is 10.3. The number of nitrogens with one attached hydrogen (secondary N) is 1. The van der Waals surface area contributed by atoms with Crippen LogP contribution in [0.3, 0.4) is 0 Å². The van der Waals surface area contributed by atoms with Gasteiger partial charge in [0, 0.05) is 25.3 Å². The average Bonchev–Trinajstić information content (AvgIpc) is 2.61. The van der Waals surface area contributed by atoms with Gasteiger partial charge in [-0.3, -0.25) is 0 Å². The zero-order valence-electron chi connectivity index (χ0n) is 10.2. The van der Waals surface area contributed by atoms with E-state index in [9.17, 15) is 0 Å². The minimum absolute atomic E-state index is 0.469. The number of rotatable bonds is 6. The molecule has 0 spiro atoms. The zero-order chi connectivity index (χ0) is 11.3. The highest BCUT2D eigenvalue weighted by Gasteiger charge is 2.09. The van der Waals surface area contributed by atoms with Crippen LogP contribution in [0.5, 0.6) is 0 Å². The van der Waals surface area contributed by atoms with Crippen LogP contribution < -0.4 is 5.32 Å². The summed E-state index contributed by atoms with van der Waals surface area (Å²) < 4.78 is 2.24. The molecule has 15 heavy (non-hydrogen) atoms. The second-order valence-electron chi connectivity index (χ2n) is 4.18. The van der Waals surface area contributed by atoms with E-state index in [2.05, 4.69) is 47.7 Å². The van der Waals surface area contributed by atoms with E-state index in [4.69, 9.17) is 0 Å². The first-order valence-corrected chi connectivity index (χ1v) is 5.51. The lowest BCUT2D eigenvalue weighted by molar-refractivity contribution is 0.332. The molecule has 0 saturated heterocycles. The molecule has 0 aliphatic carbocycles. The molecule has 1 aromatic heterocycles. The second kappa shape index (κ2) is 5.88. The summed E-state index contributed by atoms with van der Waals surface area (Å²) >= 11 is 0. The minimum Gasteiger partial charge on any atom is -0.329 e. The number of likely N-dealkylation sites (N-methyl/N-ethyl adjacent to an activating group) is 1. The summed E-state index contributed by atoms with van der Waals surface area (Å²) in [5.41, 5.74) is 1.26. The number of hydrogen-bond donors (Lipinski definition) is 1. The van der Waals surface area contributed by atoms with Crippen molar-refractivity contribution in [2.24, 2.45) is 0 Å². The maximum absolute atomic E-state index is 4.21. The Hall–Kier alpha value is -0.870. The maximum atomic E-state index is 4.21. The molecule has 1 aromatic rings. The van der Waals surface area contributed by atoms with Gasteiger partial charge in [-0.25, -0.2) is 4.98 Å². The molecule has 0 aliphatic heterocycles. The highest BCUT2D eigenvalue weighted by Crippen LogP contribution is 2.10. The van der Waals surface area contributed by atoms with Crippen LogP contribution in [0, 0.1) is 0 Å². The van der Waals surface area contributed by atoms with E-state index in [1.165, 1.54) is 5.69 Å². The summed E-state index contributed by atoms with van der Waals surface area (Å²) in [6.07, 6.45) is 3.86. The summed E-state index contributed by atoms with van der Waals surface area (Å²) in [5, 5.41) is 3.32. The van der Waals surface area contributed by atoms with Gasteiger partial charge in [-0.05, 0) is 27.6 Å². The first-order valence-electron chi connectivity index (χ1n) is 5.51. The predicted octanol–water partition coefficient (Wildman–Crippen LogP) is 1.12.